The third-order valence-corrected chi connectivity index (χ3v) is 7.76. The molecule has 5 heteroatoms. The minimum absolute atomic E-state index is 0.126. The van der Waals surface area contributed by atoms with Crippen LogP contribution in [0.5, 0.6) is 0 Å². The van der Waals surface area contributed by atoms with E-state index in [1.807, 2.05) is 0 Å². The molecule has 0 aromatic rings. The molecule has 0 heterocycles. The Balaban J connectivity index is 1.52. The van der Waals surface area contributed by atoms with Crippen LogP contribution < -0.4 is 0 Å². The molecule has 3 aliphatic carbocycles. The van der Waals surface area contributed by atoms with Crippen LogP contribution in [-0.4, -0.2) is 12.3 Å². The standard InChI is InChI=1S/C26H38F4O/c1-3-4-6-19-7-5-8-20(10-9-19)21-11-13-22(14-12-21)26(29,30)31-23-15-16-24(27)18(2)25(28)17-23/h15-17,19-22,24H,3-14H2,1-2H3. The maximum atomic E-state index is 14.8. The molecule has 0 amide bonds. The molecule has 176 valence electrons. The Kier molecular flexibility index (Phi) is 8.69. The summed E-state index contributed by atoms with van der Waals surface area (Å²) in [6, 6.07) is 0. The SMILES string of the molecule is CCCCC1CCCC(C2CCC(C(F)(F)OC3=CC(F)=C(C)C(F)C=C3)CC2)CC1. The fraction of sp³-hybridized carbons (Fsp3) is 0.769. The summed E-state index contributed by atoms with van der Waals surface area (Å²) in [6.07, 6.45) is 10.8. The first kappa shape index (κ1) is 24.4. The first-order chi connectivity index (χ1) is 14.8. The molecule has 0 spiro atoms. The molecule has 2 saturated carbocycles. The van der Waals surface area contributed by atoms with Crippen molar-refractivity contribution in [3.63, 3.8) is 0 Å². The summed E-state index contributed by atoms with van der Waals surface area (Å²) >= 11 is 0. The second-order valence-corrected chi connectivity index (χ2v) is 9.89. The number of allylic oxidation sites excluding steroid dienone is 5. The molecular formula is C26H38F4O. The molecule has 2 fully saturated rings. The Labute approximate surface area is 185 Å². The largest absolute Gasteiger partial charge is 0.432 e. The molecule has 31 heavy (non-hydrogen) atoms. The van der Waals surface area contributed by atoms with Gasteiger partial charge in [0.2, 0.25) is 0 Å². The number of rotatable bonds is 7. The Morgan fingerprint density at radius 1 is 1.00 bits per heavy atom. The van der Waals surface area contributed by atoms with Crippen LogP contribution in [0.1, 0.15) is 90.9 Å². The van der Waals surface area contributed by atoms with E-state index in [1.165, 1.54) is 58.3 Å². The normalized spacial score (nSPS) is 33.0. The molecule has 3 rings (SSSR count). The van der Waals surface area contributed by atoms with Gasteiger partial charge in [-0.3, -0.25) is 0 Å². The van der Waals surface area contributed by atoms with E-state index in [4.69, 9.17) is 4.74 Å². The van der Waals surface area contributed by atoms with Gasteiger partial charge in [0, 0.05) is 11.6 Å². The zero-order valence-electron chi connectivity index (χ0n) is 19.0. The van der Waals surface area contributed by atoms with Crippen molar-refractivity contribution in [3.05, 3.63) is 35.4 Å². The highest BCUT2D eigenvalue weighted by Gasteiger charge is 2.45. The third-order valence-electron chi connectivity index (χ3n) is 7.76. The maximum Gasteiger partial charge on any atom is 0.400 e. The monoisotopic (exact) mass is 442 g/mol. The van der Waals surface area contributed by atoms with E-state index in [0.29, 0.717) is 24.7 Å². The lowest BCUT2D eigenvalue weighted by atomic mass is 9.73. The van der Waals surface area contributed by atoms with Gasteiger partial charge in [-0.25, -0.2) is 8.78 Å². The smallest absolute Gasteiger partial charge is 0.400 e. The summed E-state index contributed by atoms with van der Waals surface area (Å²) in [6.45, 7) is 3.55. The summed E-state index contributed by atoms with van der Waals surface area (Å²) in [4.78, 5) is 0. The third kappa shape index (κ3) is 6.61. The summed E-state index contributed by atoms with van der Waals surface area (Å²) in [5, 5.41) is 0. The number of ether oxygens (including phenoxy) is 1. The van der Waals surface area contributed by atoms with Gasteiger partial charge in [-0.05, 0) is 68.9 Å². The molecule has 0 aliphatic heterocycles. The number of alkyl halides is 3. The van der Waals surface area contributed by atoms with Crippen LogP contribution in [0.2, 0.25) is 0 Å². The average molecular weight is 443 g/mol. The Morgan fingerprint density at radius 2 is 1.68 bits per heavy atom. The number of halogens is 4. The highest BCUT2D eigenvalue weighted by Crippen LogP contribution is 2.45. The minimum Gasteiger partial charge on any atom is -0.432 e. The molecule has 1 nitrogen and oxygen atoms in total. The van der Waals surface area contributed by atoms with Gasteiger partial charge >= 0.3 is 6.11 Å². The maximum absolute atomic E-state index is 14.8. The molecule has 3 aliphatic rings. The van der Waals surface area contributed by atoms with E-state index in [0.717, 1.165) is 37.0 Å². The van der Waals surface area contributed by atoms with Crippen molar-refractivity contribution < 1.29 is 22.3 Å². The van der Waals surface area contributed by atoms with E-state index < -0.39 is 24.0 Å². The van der Waals surface area contributed by atoms with Crippen molar-refractivity contribution >= 4 is 0 Å². The number of hydrogen-bond donors (Lipinski definition) is 0. The first-order valence-electron chi connectivity index (χ1n) is 12.3. The van der Waals surface area contributed by atoms with Gasteiger partial charge in [0.05, 0.1) is 5.92 Å². The van der Waals surface area contributed by atoms with Gasteiger partial charge in [0.15, 0.2) is 0 Å². The van der Waals surface area contributed by atoms with Crippen molar-refractivity contribution in [2.75, 3.05) is 0 Å². The van der Waals surface area contributed by atoms with Crippen LogP contribution in [0.15, 0.2) is 35.4 Å². The molecule has 0 N–H and O–H groups in total. The molecule has 0 aromatic heterocycles. The van der Waals surface area contributed by atoms with Crippen LogP contribution in [0.25, 0.3) is 0 Å². The topological polar surface area (TPSA) is 9.23 Å². The predicted octanol–water partition coefficient (Wildman–Crippen LogP) is 8.82. The molecule has 0 aromatic carbocycles. The highest BCUT2D eigenvalue weighted by atomic mass is 19.3. The second kappa shape index (κ2) is 11.0. The first-order valence-corrected chi connectivity index (χ1v) is 12.3. The predicted molar refractivity (Wildman–Crippen MR) is 117 cm³/mol. The van der Waals surface area contributed by atoms with Crippen LogP contribution >= 0.6 is 0 Å². The van der Waals surface area contributed by atoms with E-state index in [-0.39, 0.29) is 11.3 Å². The lowest BCUT2D eigenvalue weighted by molar-refractivity contribution is -0.254. The summed E-state index contributed by atoms with van der Waals surface area (Å²) in [5.74, 6) is 0.00634. The molecule has 0 saturated heterocycles. The van der Waals surface area contributed by atoms with Gasteiger partial charge < -0.3 is 4.74 Å². The summed E-state index contributed by atoms with van der Waals surface area (Å²) in [7, 11) is 0. The van der Waals surface area contributed by atoms with E-state index in [9.17, 15) is 17.6 Å². The van der Waals surface area contributed by atoms with Crippen LogP contribution in [0.3, 0.4) is 0 Å². The average Bonchev–Trinajstić information content (AvgIpc) is 3.06. The van der Waals surface area contributed by atoms with Crippen molar-refractivity contribution in [3.8, 4) is 0 Å². The van der Waals surface area contributed by atoms with Crippen molar-refractivity contribution in [1.29, 1.82) is 0 Å². The summed E-state index contributed by atoms with van der Waals surface area (Å²) in [5.41, 5.74) is -0.126. The quantitative estimate of drug-likeness (QED) is 0.283. The van der Waals surface area contributed by atoms with Crippen LogP contribution in [-0.2, 0) is 4.74 Å². The van der Waals surface area contributed by atoms with E-state index >= 15 is 0 Å². The van der Waals surface area contributed by atoms with Crippen LogP contribution in [0.4, 0.5) is 17.6 Å². The van der Waals surface area contributed by atoms with Gasteiger partial charge in [0.1, 0.15) is 17.8 Å². The van der Waals surface area contributed by atoms with E-state index in [1.54, 1.807) is 0 Å². The minimum atomic E-state index is -3.37. The summed E-state index contributed by atoms with van der Waals surface area (Å²) < 4.78 is 62.2. The molecular weight excluding hydrogens is 404 g/mol. The lowest BCUT2D eigenvalue weighted by Crippen LogP contribution is -2.35. The molecule has 0 bridgehead atoms. The molecule has 3 unspecified atom stereocenters. The molecule has 0 radical (unpaired) electrons. The Morgan fingerprint density at radius 3 is 2.39 bits per heavy atom. The molecule has 3 atom stereocenters. The van der Waals surface area contributed by atoms with Crippen LogP contribution in [0, 0.1) is 23.7 Å². The van der Waals surface area contributed by atoms with E-state index in [2.05, 4.69) is 6.92 Å². The van der Waals surface area contributed by atoms with Crippen molar-refractivity contribution in [2.24, 2.45) is 23.7 Å². The Hall–Kier alpha value is -1.26. The van der Waals surface area contributed by atoms with Crippen molar-refractivity contribution in [2.45, 2.75) is 103 Å². The van der Waals surface area contributed by atoms with Gasteiger partial charge in [-0.2, -0.15) is 8.78 Å². The lowest BCUT2D eigenvalue weighted by Gasteiger charge is -2.36. The fourth-order valence-electron chi connectivity index (χ4n) is 5.63. The second-order valence-electron chi connectivity index (χ2n) is 9.89. The van der Waals surface area contributed by atoms with Crippen molar-refractivity contribution in [1.82, 2.24) is 0 Å². The van der Waals surface area contributed by atoms with Gasteiger partial charge in [-0.1, -0.05) is 51.9 Å². The van der Waals surface area contributed by atoms with Gasteiger partial charge in [0.25, 0.3) is 0 Å². The fourth-order valence-corrected chi connectivity index (χ4v) is 5.63. The number of unbranched alkanes of at least 4 members (excludes halogenated alkanes) is 1. The highest BCUT2D eigenvalue weighted by molar-refractivity contribution is 5.34. The number of hydrogen-bond acceptors (Lipinski definition) is 1. The Bertz CT molecular complexity index is 673. The zero-order chi connectivity index (χ0) is 22.4. The van der Waals surface area contributed by atoms with Gasteiger partial charge in [-0.15, -0.1) is 0 Å². The zero-order valence-corrected chi connectivity index (χ0v) is 19.0.